The van der Waals surface area contributed by atoms with E-state index in [1.165, 1.54) is 5.56 Å². The minimum Gasteiger partial charge on any atom is -0.351 e. The van der Waals surface area contributed by atoms with E-state index in [1.807, 2.05) is 43.1 Å². The molecular weight excluding hydrogens is 228 g/mol. The van der Waals surface area contributed by atoms with E-state index in [-0.39, 0.29) is 5.91 Å². The topological polar surface area (TPSA) is 62.7 Å². The Balaban J connectivity index is 1.75. The van der Waals surface area contributed by atoms with E-state index < -0.39 is 0 Å². The van der Waals surface area contributed by atoms with Crippen LogP contribution < -0.4 is 5.32 Å². The maximum atomic E-state index is 11.8. The molecule has 0 aliphatic carbocycles. The number of nitrogens with one attached hydrogen (secondary N) is 2. The van der Waals surface area contributed by atoms with Crippen molar-refractivity contribution in [1.29, 1.82) is 0 Å². The van der Waals surface area contributed by atoms with Crippen molar-refractivity contribution in [2.24, 2.45) is 7.05 Å². The summed E-state index contributed by atoms with van der Waals surface area (Å²) in [5, 5.41) is 9.80. The van der Waals surface area contributed by atoms with Gasteiger partial charge in [0.25, 0.3) is 5.91 Å². The van der Waals surface area contributed by atoms with Crippen LogP contribution in [0.15, 0.2) is 24.5 Å². The average Bonchev–Trinajstić information content (AvgIpc) is 2.94. The number of hydrogen-bond donors (Lipinski definition) is 2. The lowest BCUT2D eigenvalue weighted by Gasteiger charge is -2.05. The lowest BCUT2D eigenvalue weighted by atomic mass is 10.1. The van der Waals surface area contributed by atoms with Crippen LogP contribution >= 0.6 is 0 Å². The molecule has 0 saturated heterocycles. The zero-order valence-corrected chi connectivity index (χ0v) is 10.7. The first-order valence-corrected chi connectivity index (χ1v) is 6.07. The molecule has 2 aromatic rings. The molecule has 2 aromatic heterocycles. The number of nitrogens with zero attached hydrogens (tertiary/aromatic N) is 2. The predicted octanol–water partition coefficient (Wildman–Crippen LogP) is 1.42. The number of hydrogen-bond acceptors (Lipinski definition) is 2. The number of H-pyrrole nitrogens is 1. The van der Waals surface area contributed by atoms with Crippen LogP contribution in [0.3, 0.4) is 0 Å². The molecule has 0 atom stereocenters. The van der Waals surface area contributed by atoms with Crippen LogP contribution in [0, 0.1) is 6.92 Å². The molecule has 0 radical (unpaired) electrons. The van der Waals surface area contributed by atoms with Crippen LogP contribution in [-0.2, 0) is 13.5 Å². The molecule has 0 aliphatic heterocycles. The summed E-state index contributed by atoms with van der Waals surface area (Å²) >= 11 is 0. The van der Waals surface area contributed by atoms with Gasteiger partial charge in [-0.2, -0.15) is 5.10 Å². The summed E-state index contributed by atoms with van der Waals surface area (Å²) in [6.07, 6.45) is 5.55. The Kier molecular flexibility index (Phi) is 3.82. The number of carbonyl (C=O) groups excluding carboxylic acids is 1. The minimum atomic E-state index is -0.0218. The van der Waals surface area contributed by atoms with Gasteiger partial charge in [0.05, 0.1) is 6.20 Å². The third-order valence-electron chi connectivity index (χ3n) is 3.02. The number of carbonyl (C=O) groups is 1. The molecule has 0 aromatic carbocycles. The first-order chi connectivity index (χ1) is 8.68. The predicted molar refractivity (Wildman–Crippen MR) is 69.4 cm³/mol. The Bertz CT molecular complexity index is 527. The number of aromatic nitrogens is 3. The molecule has 0 aliphatic rings. The van der Waals surface area contributed by atoms with E-state index in [9.17, 15) is 4.79 Å². The highest BCUT2D eigenvalue weighted by Crippen LogP contribution is 2.05. The Morgan fingerprint density at radius 2 is 2.39 bits per heavy atom. The van der Waals surface area contributed by atoms with Crippen LogP contribution in [0.5, 0.6) is 0 Å². The van der Waals surface area contributed by atoms with Crippen LogP contribution in [0.1, 0.15) is 28.2 Å². The third-order valence-corrected chi connectivity index (χ3v) is 3.02. The van der Waals surface area contributed by atoms with Gasteiger partial charge in [-0.05, 0) is 37.5 Å². The second kappa shape index (κ2) is 5.53. The first kappa shape index (κ1) is 12.4. The van der Waals surface area contributed by atoms with Crippen LogP contribution in [-0.4, -0.2) is 27.2 Å². The number of aromatic amines is 1. The molecule has 0 unspecified atom stereocenters. The molecule has 0 saturated carbocycles. The van der Waals surface area contributed by atoms with E-state index in [2.05, 4.69) is 15.5 Å². The summed E-state index contributed by atoms with van der Waals surface area (Å²) in [7, 11) is 1.86. The van der Waals surface area contributed by atoms with Gasteiger partial charge in [0.1, 0.15) is 5.69 Å². The Morgan fingerprint density at radius 1 is 1.56 bits per heavy atom. The molecule has 18 heavy (non-hydrogen) atoms. The van der Waals surface area contributed by atoms with Gasteiger partial charge < -0.3 is 9.88 Å². The van der Waals surface area contributed by atoms with E-state index >= 15 is 0 Å². The van der Waals surface area contributed by atoms with E-state index in [1.54, 1.807) is 0 Å². The van der Waals surface area contributed by atoms with Crippen LogP contribution in [0.2, 0.25) is 0 Å². The zero-order valence-electron chi connectivity index (χ0n) is 10.7. The molecule has 0 fully saturated rings. The molecule has 1 amide bonds. The summed E-state index contributed by atoms with van der Waals surface area (Å²) in [4.78, 5) is 11.8. The van der Waals surface area contributed by atoms with Gasteiger partial charge in [-0.3, -0.25) is 9.89 Å². The normalized spacial score (nSPS) is 10.6. The Hall–Kier alpha value is -2.04. The quantitative estimate of drug-likeness (QED) is 0.784. The molecule has 0 bridgehead atoms. The van der Waals surface area contributed by atoms with Crippen molar-refractivity contribution in [3.8, 4) is 0 Å². The number of amides is 1. The molecule has 5 nitrogen and oxygen atoms in total. The smallest absolute Gasteiger partial charge is 0.267 e. The fourth-order valence-electron chi connectivity index (χ4n) is 1.90. The molecule has 96 valence electrons. The fourth-order valence-corrected chi connectivity index (χ4v) is 1.90. The number of aryl methyl sites for hydroxylation is 3. The molecule has 2 N–H and O–H groups in total. The van der Waals surface area contributed by atoms with Gasteiger partial charge in [0, 0.05) is 25.5 Å². The Labute approximate surface area is 106 Å². The SMILES string of the molecule is Cc1[nH]ncc1CCCNC(=O)c1cccn1C. The van der Waals surface area contributed by atoms with Crippen molar-refractivity contribution >= 4 is 5.91 Å². The van der Waals surface area contributed by atoms with Crippen molar-refractivity contribution in [2.75, 3.05) is 6.54 Å². The lowest BCUT2D eigenvalue weighted by Crippen LogP contribution is -2.26. The largest absolute Gasteiger partial charge is 0.351 e. The van der Waals surface area contributed by atoms with Crippen molar-refractivity contribution in [2.45, 2.75) is 19.8 Å². The first-order valence-electron chi connectivity index (χ1n) is 6.07. The van der Waals surface area contributed by atoms with Gasteiger partial charge in [-0.15, -0.1) is 0 Å². The fraction of sp³-hybridized carbons (Fsp3) is 0.385. The minimum absolute atomic E-state index is 0.0218. The lowest BCUT2D eigenvalue weighted by molar-refractivity contribution is 0.0945. The van der Waals surface area contributed by atoms with E-state index in [0.29, 0.717) is 12.2 Å². The molecule has 2 rings (SSSR count). The van der Waals surface area contributed by atoms with Gasteiger partial charge in [-0.25, -0.2) is 0 Å². The van der Waals surface area contributed by atoms with E-state index in [4.69, 9.17) is 0 Å². The highest BCUT2D eigenvalue weighted by Gasteiger charge is 2.07. The maximum Gasteiger partial charge on any atom is 0.267 e. The summed E-state index contributed by atoms with van der Waals surface area (Å²) in [5.41, 5.74) is 3.00. The van der Waals surface area contributed by atoms with Gasteiger partial charge in [0.15, 0.2) is 0 Å². The molecular formula is C13H18N4O. The van der Waals surface area contributed by atoms with Crippen molar-refractivity contribution < 1.29 is 4.79 Å². The van der Waals surface area contributed by atoms with Crippen LogP contribution in [0.25, 0.3) is 0 Å². The highest BCUT2D eigenvalue weighted by atomic mass is 16.1. The summed E-state index contributed by atoms with van der Waals surface area (Å²) in [6, 6.07) is 3.68. The standard InChI is InChI=1S/C13H18N4O/c1-10-11(9-15-16-10)5-3-7-14-13(18)12-6-4-8-17(12)2/h4,6,8-9H,3,5,7H2,1-2H3,(H,14,18)(H,15,16). The highest BCUT2D eigenvalue weighted by molar-refractivity contribution is 5.92. The molecule has 2 heterocycles. The molecule has 0 spiro atoms. The van der Waals surface area contributed by atoms with Crippen molar-refractivity contribution in [1.82, 2.24) is 20.1 Å². The van der Waals surface area contributed by atoms with Gasteiger partial charge in [0.2, 0.25) is 0 Å². The summed E-state index contributed by atoms with van der Waals surface area (Å²) in [6.45, 7) is 2.68. The monoisotopic (exact) mass is 246 g/mol. The van der Waals surface area contributed by atoms with Crippen molar-refractivity contribution in [3.63, 3.8) is 0 Å². The summed E-state index contributed by atoms with van der Waals surface area (Å²) < 4.78 is 1.82. The van der Waals surface area contributed by atoms with Gasteiger partial charge >= 0.3 is 0 Å². The Morgan fingerprint density at radius 3 is 3.00 bits per heavy atom. The third kappa shape index (κ3) is 2.80. The second-order valence-corrected chi connectivity index (χ2v) is 4.38. The zero-order chi connectivity index (χ0) is 13.0. The van der Waals surface area contributed by atoms with Crippen LogP contribution in [0.4, 0.5) is 0 Å². The van der Waals surface area contributed by atoms with Gasteiger partial charge in [-0.1, -0.05) is 0 Å². The van der Waals surface area contributed by atoms with Crippen molar-refractivity contribution in [3.05, 3.63) is 41.5 Å². The summed E-state index contributed by atoms with van der Waals surface area (Å²) in [5.74, 6) is -0.0218. The number of rotatable bonds is 5. The molecule has 5 heteroatoms. The maximum absolute atomic E-state index is 11.8. The second-order valence-electron chi connectivity index (χ2n) is 4.38. The average molecular weight is 246 g/mol. The van der Waals surface area contributed by atoms with E-state index in [0.717, 1.165) is 18.5 Å².